The summed E-state index contributed by atoms with van der Waals surface area (Å²) in [6.07, 6.45) is 21.8. The molecule has 0 spiro atoms. The minimum Gasteiger partial charge on any atom is -0.746 e. The molecule has 0 bridgehead atoms. The van der Waals surface area contributed by atoms with Crippen molar-refractivity contribution < 1.29 is 56.7 Å². The minimum absolute atomic E-state index is 0. The number of hydrogen-bond donors (Lipinski definition) is 0. The SMILES string of the molecule is CCCCCCCCCCCCCCCCCCOC(C)COCCOCS(=O)(=O)[O-].[Na+]. The van der Waals surface area contributed by atoms with Crippen LogP contribution in [0.15, 0.2) is 0 Å². The second-order valence-electron chi connectivity index (χ2n) is 8.64. The second-order valence-corrected chi connectivity index (χ2v) is 9.99. The maximum Gasteiger partial charge on any atom is 1.00 e. The molecule has 1 atom stereocenters. The third kappa shape index (κ3) is 30.8. The summed E-state index contributed by atoms with van der Waals surface area (Å²) in [5.74, 6) is -0.804. The van der Waals surface area contributed by atoms with E-state index in [1.54, 1.807) is 0 Å². The molecule has 0 heterocycles. The van der Waals surface area contributed by atoms with Crippen molar-refractivity contribution in [1.82, 2.24) is 0 Å². The Morgan fingerprint density at radius 1 is 0.656 bits per heavy atom. The Kier molecular flexibility index (Phi) is 28.8. The third-order valence-electron chi connectivity index (χ3n) is 5.35. The van der Waals surface area contributed by atoms with E-state index in [1.165, 1.54) is 96.3 Å². The zero-order valence-corrected chi connectivity index (χ0v) is 24.1. The van der Waals surface area contributed by atoms with Gasteiger partial charge in [-0.25, -0.2) is 8.42 Å². The first-order chi connectivity index (χ1) is 15.0. The molecular weight excluding hydrogens is 439 g/mol. The molecule has 32 heavy (non-hydrogen) atoms. The summed E-state index contributed by atoms with van der Waals surface area (Å²) in [6.45, 7) is 5.75. The Labute approximate surface area is 221 Å². The van der Waals surface area contributed by atoms with Crippen LogP contribution in [-0.4, -0.2) is 51.4 Å². The van der Waals surface area contributed by atoms with Crippen LogP contribution < -0.4 is 29.6 Å². The molecule has 0 aliphatic rings. The minimum atomic E-state index is -4.31. The van der Waals surface area contributed by atoms with Crippen LogP contribution >= 0.6 is 0 Å². The van der Waals surface area contributed by atoms with Gasteiger partial charge in [0.25, 0.3) is 0 Å². The van der Waals surface area contributed by atoms with Gasteiger partial charge in [0.2, 0.25) is 0 Å². The van der Waals surface area contributed by atoms with Gasteiger partial charge >= 0.3 is 29.6 Å². The van der Waals surface area contributed by atoms with E-state index in [4.69, 9.17) is 14.2 Å². The average Bonchev–Trinajstić information content (AvgIpc) is 2.72. The summed E-state index contributed by atoms with van der Waals surface area (Å²) >= 11 is 0. The molecular formula is C24H49NaO6S. The van der Waals surface area contributed by atoms with Gasteiger partial charge in [0, 0.05) is 6.61 Å². The molecule has 0 aliphatic heterocycles. The van der Waals surface area contributed by atoms with E-state index in [0.717, 1.165) is 13.0 Å². The van der Waals surface area contributed by atoms with E-state index >= 15 is 0 Å². The van der Waals surface area contributed by atoms with Crippen molar-refractivity contribution in [3.8, 4) is 0 Å². The van der Waals surface area contributed by atoms with Crippen molar-refractivity contribution >= 4 is 10.1 Å². The Hall–Kier alpha value is 0.790. The van der Waals surface area contributed by atoms with Crippen molar-refractivity contribution in [2.24, 2.45) is 0 Å². The number of hydrogen-bond acceptors (Lipinski definition) is 6. The van der Waals surface area contributed by atoms with Crippen LogP contribution in [0.25, 0.3) is 0 Å². The second kappa shape index (κ2) is 26.4. The summed E-state index contributed by atoms with van der Waals surface area (Å²) in [5.41, 5.74) is 0. The monoisotopic (exact) mass is 488 g/mol. The Balaban J connectivity index is 0. The fourth-order valence-corrected chi connectivity index (χ4v) is 3.83. The molecule has 0 radical (unpaired) electrons. The summed E-state index contributed by atoms with van der Waals surface area (Å²) in [6, 6.07) is 0. The zero-order valence-electron chi connectivity index (χ0n) is 21.3. The van der Waals surface area contributed by atoms with Crippen LogP contribution in [0.5, 0.6) is 0 Å². The quantitative estimate of drug-likeness (QED) is 0.111. The Morgan fingerprint density at radius 3 is 1.50 bits per heavy atom. The van der Waals surface area contributed by atoms with Crippen LogP contribution in [-0.2, 0) is 24.3 Å². The van der Waals surface area contributed by atoms with Crippen molar-refractivity contribution in [2.45, 2.75) is 123 Å². The van der Waals surface area contributed by atoms with Gasteiger partial charge in [-0.15, -0.1) is 0 Å². The fraction of sp³-hybridized carbons (Fsp3) is 1.00. The van der Waals surface area contributed by atoms with E-state index in [1.807, 2.05) is 6.92 Å². The van der Waals surface area contributed by atoms with Gasteiger partial charge in [-0.3, -0.25) is 0 Å². The average molecular weight is 489 g/mol. The maximum absolute atomic E-state index is 10.4. The standard InChI is InChI=1S/C24H50O6S.Na/c1-3-4-5-6-7-8-9-10-11-12-13-14-15-16-17-18-19-30-24(2)22-28-20-21-29-23-31(25,26)27;/h24H,3-23H2,1-2H3,(H,25,26,27);/q;+1/p-1. The predicted molar refractivity (Wildman–Crippen MR) is 126 cm³/mol. The van der Waals surface area contributed by atoms with Crippen LogP contribution in [0.2, 0.25) is 0 Å². The van der Waals surface area contributed by atoms with Crippen LogP contribution in [0.3, 0.4) is 0 Å². The van der Waals surface area contributed by atoms with Gasteiger partial charge in [-0.05, 0) is 13.3 Å². The molecule has 0 N–H and O–H groups in total. The summed E-state index contributed by atoms with van der Waals surface area (Å²) in [4.78, 5) is 0. The van der Waals surface area contributed by atoms with E-state index in [9.17, 15) is 13.0 Å². The molecule has 8 heteroatoms. The zero-order chi connectivity index (χ0) is 23.0. The largest absolute Gasteiger partial charge is 1.00 e. The molecule has 188 valence electrons. The molecule has 1 unspecified atom stereocenters. The first kappa shape index (κ1) is 35.0. The van der Waals surface area contributed by atoms with Gasteiger partial charge < -0.3 is 18.8 Å². The molecule has 0 amide bonds. The molecule has 0 saturated heterocycles. The number of ether oxygens (including phenoxy) is 3. The molecule has 0 fully saturated rings. The normalized spacial score (nSPS) is 12.6. The van der Waals surface area contributed by atoms with Gasteiger partial charge in [0.05, 0.1) is 25.9 Å². The van der Waals surface area contributed by atoms with Gasteiger partial charge in [0.1, 0.15) is 16.1 Å². The van der Waals surface area contributed by atoms with Crippen LogP contribution in [0.1, 0.15) is 117 Å². The molecule has 0 saturated carbocycles. The molecule has 0 aromatic carbocycles. The van der Waals surface area contributed by atoms with Crippen LogP contribution in [0, 0.1) is 0 Å². The molecule has 0 rings (SSSR count). The van der Waals surface area contributed by atoms with E-state index in [0.29, 0.717) is 6.61 Å². The maximum atomic E-state index is 10.4. The van der Waals surface area contributed by atoms with Crippen molar-refractivity contribution in [2.75, 3.05) is 32.4 Å². The molecule has 0 aliphatic carbocycles. The third-order valence-corrected chi connectivity index (χ3v) is 5.81. The van der Waals surface area contributed by atoms with Crippen molar-refractivity contribution in [3.63, 3.8) is 0 Å². The van der Waals surface area contributed by atoms with Gasteiger partial charge in [0.15, 0.2) is 0 Å². The molecule has 0 aromatic heterocycles. The van der Waals surface area contributed by atoms with Crippen molar-refractivity contribution in [1.29, 1.82) is 0 Å². The summed E-state index contributed by atoms with van der Waals surface area (Å²) in [5, 5.41) is 0. The Bertz CT molecular complexity index is 461. The van der Waals surface area contributed by atoms with Crippen molar-refractivity contribution in [3.05, 3.63) is 0 Å². The summed E-state index contributed by atoms with van der Waals surface area (Å²) < 4.78 is 46.9. The topological polar surface area (TPSA) is 84.9 Å². The predicted octanol–water partition coefficient (Wildman–Crippen LogP) is 3.19. The number of unbranched alkanes of at least 4 members (excludes halogenated alkanes) is 15. The smallest absolute Gasteiger partial charge is 0.746 e. The Morgan fingerprint density at radius 2 is 1.06 bits per heavy atom. The van der Waals surface area contributed by atoms with Crippen LogP contribution in [0.4, 0.5) is 0 Å². The summed E-state index contributed by atoms with van der Waals surface area (Å²) in [7, 11) is -4.31. The van der Waals surface area contributed by atoms with E-state index < -0.39 is 16.1 Å². The van der Waals surface area contributed by atoms with E-state index in [-0.39, 0.29) is 48.9 Å². The molecule has 0 aromatic rings. The molecule has 6 nitrogen and oxygen atoms in total. The first-order valence-corrected chi connectivity index (χ1v) is 14.2. The fourth-order valence-electron chi connectivity index (χ4n) is 3.51. The van der Waals surface area contributed by atoms with Gasteiger partial charge in [-0.2, -0.15) is 0 Å². The first-order valence-electron chi connectivity index (χ1n) is 12.7. The number of rotatable bonds is 25. The van der Waals surface area contributed by atoms with Gasteiger partial charge in [-0.1, -0.05) is 103 Å². The van der Waals surface area contributed by atoms with E-state index in [2.05, 4.69) is 6.92 Å².